The van der Waals surface area contributed by atoms with E-state index in [1.807, 2.05) is 36.4 Å². The van der Waals surface area contributed by atoms with Gasteiger partial charge in [-0.15, -0.1) is 0 Å². The fourth-order valence-corrected chi connectivity index (χ4v) is 4.51. The van der Waals surface area contributed by atoms with E-state index in [0.717, 1.165) is 42.9 Å². The van der Waals surface area contributed by atoms with E-state index in [1.54, 1.807) is 12.1 Å². The second-order valence-corrected chi connectivity index (χ2v) is 8.47. The van der Waals surface area contributed by atoms with Crippen LogP contribution in [0.2, 0.25) is 0 Å². The summed E-state index contributed by atoms with van der Waals surface area (Å²) in [5, 5.41) is 2.95. The van der Waals surface area contributed by atoms with Crippen LogP contribution in [-0.4, -0.2) is 42.6 Å². The van der Waals surface area contributed by atoms with Crippen molar-refractivity contribution in [3.8, 4) is 11.5 Å². The van der Waals surface area contributed by atoms with Gasteiger partial charge in [0.2, 0.25) is 0 Å². The molecule has 2 aliphatic heterocycles. The van der Waals surface area contributed by atoms with Crippen molar-refractivity contribution in [2.45, 2.75) is 63.6 Å². The maximum Gasteiger partial charge on any atom is 0.255 e. The van der Waals surface area contributed by atoms with E-state index in [2.05, 4.69) is 24.2 Å². The maximum absolute atomic E-state index is 12.5. The fraction of sp³-hybridized carbons (Fsp3) is 0.480. The number of amides is 1. The van der Waals surface area contributed by atoms with E-state index < -0.39 is 0 Å². The first-order valence-electron chi connectivity index (χ1n) is 11.1. The monoisotopic (exact) mass is 408 g/mol. The summed E-state index contributed by atoms with van der Waals surface area (Å²) in [7, 11) is 2.24. The number of nitrogens with zero attached hydrogens (tertiary/aromatic N) is 1. The highest BCUT2D eigenvalue weighted by atomic mass is 16.5. The molecule has 2 atom stereocenters. The third-order valence-electron chi connectivity index (χ3n) is 6.35. The third kappa shape index (κ3) is 4.96. The van der Waals surface area contributed by atoms with Gasteiger partial charge in [-0.3, -0.25) is 4.79 Å². The summed E-state index contributed by atoms with van der Waals surface area (Å²) >= 11 is 0. The largest absolute Gasteiger partial charge is 0.494 e. The molecule has 0 aliphatic carbocycles. The van der Waals surface area contributed by atoms with Crippen molar-refractivity contribution in [1.82, 2.24) is 4.90 Å². The summed E-state index contributed by atoms with van der Waals surface area (Å²) < 4.78 is 11.9. The number of ether oxygens (including phenoxy) is 2. The molecule has 0 aromatic heterocycles. The van der Waals surface area contributed by atoms with Crippen molar-refractivity contribution in [3.05, 3.63) is 54.1 Å². The lowest BCUT2D eigenvalue weighted by molar-refractivity contribution is 0.0662. The zero-order valence-corrected chi connectivity index (χ0v) is 18.0. The quantitative estimate of drug-likeness (QED) is 0.616. The Morgan fingerprint density at radius 2 is 1.63 bits per heavy atom. The van der Waals surface area contributed by atoms with E-state index in [4.69, 9.17) is 9.47 Å². The molecule has 0 spiro atoms. The molecule has 0 saturated carbocycles. The third-order valence-corrected chi connectivity index (χ3v) is 6.35. The molecule has 2 aromatic carbocycles. The van der Waals surface area contributed by atoms with Gasteiger partial charge in [-0.25, -0.2) is 0 Å². The van der Waals surface area contributed by atoms with Crippen molar-refractivity contribution in [2.75, 3.05) is 19.0 Å². The van der Waals surface area contributed by atoms with Crippen molar-refractivity contribution >= 4 is 11.6 Å². The molecule has 0 radical (unpaired) electrons. The number of hydrogen-bond donors (Lipinski definition) is 1. The minimum Gasteiger partial charge on any atom is -0.494 e. The molecule has 0 unspecified atom stereocenters. The number of carbonyl (C=O) groups excluding carboxylic acids is 1. The smallest absolute Gasteiger partial charge is 0.255 e. The van der Waals surface area contributed by atoms with Gasteiger partial charge in [-0.05, 0) is 87.7 Å². The summed E-state index contributed by atoms with van der Waals surface area (Å²) in [5.74, 6) is 1.54. The van der Waals surface area contributed by atoms with Gasteiger partial charge in [0.05, 0.1) is 6.61 Å². The SMILES string of the molecule is CCCCOc1ccc(C(=O)Nc2ccc(OC3C[C@@H]4CC[C@@H](C3)N4C)cc2)cc1. The number of carbonyl (C=O) groups is 1. The predicted molar refractivity (Wildman–Crippen MR) is 119 cm³/mol. The van der Waals surface area contributed by atoms with E-state index in [9.17, 15) is 4.79 Å². The molecular weight excluding hydrogens is 376 g/mol. The topological polar surface area (TPSA) is 50.8 Å². The molecule has 4 rings (SSSR count). The second-order valence-electron chi connectivity index (χ2n) is 8.47. The molecule has 2 aromatic rings. The minimum atomic E-state index is -0.129. The Labute approximate surface area is 179 Å². The summed E-state index contributed by atoms with van der Waals surface area (Å²) in [6, 6.07) is 16.3. The molecule has 1 N–H and O–H groups in total. The summed E-state index contributed by atoms with van der Waals surface area (Å²) in [6.07, 6.45) is 7.20. The van der Waals surface area contributed by atoms with Crippen LogP contribution in [0.4, 0.5) is 5.69 Å². The molecule has 2 heterocycles. The number of anilines is 1. The highest BCUT2D eigenvalue weighted by Crippen LogP contribution is 2.36. The standard InChI is InChI=1S/C25H32N2O3/c1-3-4-15-29-22-11-5-18(6-12-22)25(28)26-19-7-13-23(14-8-19)30-24-16-20-9-10-21(17-24)27(20)2/h5-8,11-14,20-21,24H,3-4,9-10,15-17H2,1-2H3,(H,26,28)/t20-,21-/m0/s1. The molecule has 2 aliphatic rings. The number of piperidine rings is 1. The normalized spacial score (nSPS) is 23.2. The fourth-order valence-electron chi connectivity index (χ4n) is 4.51. The van der Waals surface area contributed by atoms with Gasteiger partial charge in [0, 0.05) is 23.3 Å². The lowest BCUT2D eigenvalue weighted by Gasteiger charge is -2.36. The van der Waals surface area contributed by atoms with Gasteiger partial charge in [0.15, 0.2) is 0 Å². The lowest BCUT2D eigenvalue weighted by Crippen LogP contribution is -2.43. The Morgan fingerprint density at radius 1 is 1.00 bits per heavy atom. The summed E-state index contributed by atoms with van der Waals surface area (Å²) in [6.45, 7) is 2.84. The van der Waals surface area contributed by atoms with Crippen molar-refractivity contribution in [2.24, 2.45) is 0 Å². The Hall–Kier alpha value is -2.53. The van der Waals surface area contributed by atoms with E-state index in [0.29, 0.717) is 24.3 Å². The van der Waals surface area contributed by atoms with Crippen LogP contribution in [0.15, 0.2) is 48.5 Å². The van der Waals surface area contributed by atoms with Crippen LogP contribution in [0.1, 0.15) is 55.8 Å². The molecule has 2 fully saturated rings. The lowest BCUT2D eigenvalue weighted by atomic mass is 10.0. The zero-order valence-electron chi connectivity index (χ0n) is 18.0. The van der Waals surface area contributed by atoms with Gasteiger partial charge in [0.25, 0.3) is 5.91 Å². The number of hydrogen-bond acceptors (Lipinski definition) is 4. The van der Waals surface area contributed by atoms with Gasteiger partial charge < -0.3 is 19.7 Å². The highest BCUT2D eigenvalue weighted by molar-refractivity contribution is 6.04. The summed E-state index contributed by atoms with van der Waals surface area (Å²) in [4.78, 5) is 15.0. The molecule has 30 heavy (non-hydrogen) atoms. The molecular formula is C25H32N2O3. The zero-order chi connectivity index (χ0) is 20.9. The Morgan fingerprint density at radius 3 is 2.27 bits per heavy atom. The highest BCUT2D eigenvalue weighted by Gasteiger charge is 2.39. The number of unbranched alkanes of at least 4 members (excludes halogenated alkanes) is 1. The number of fused-ring (bicyclic) bond motifs is 2. The van der Waals surface area contributed by atoms with Crippen molar-refractivity contribution in [1.29, 1.82) is 0 Å². The number of benzene rings is 2. The Balaban J connectivity index is 1.28. The van der Waals surface area contributed by atoms with Crippen LogP contribution in [0.5, 0.6) is 11.5 Å². The average molecular weight is 409 g/mol. The molecule has 5 heteroatoms. The number of nitrogens with one attached hydrogen (secondary N) is 1. The van der Waals surface area contributed by atoms with Gasteiger partial charge in [0.1, 0.15) is 17.6 Å². The average Bonchev–Trinajstić information content (AvgIpc) is 2.96. The van der Waals surface area contributed by atoms with Gasteiger partial charge in [-0.1, -0.05) is 13.3 Å². The van der Waals surface area contributed by atoms with Crippen LogP contribution in [0.25, 0.3) is 0 Å². The van der Waals surface area contributed by atoms with Crippen molar-refractivity contribution in [3.63, 3.8) is 0 Å². The minimum absolute atomic E-state index is 0.129. The van der Waals surface area contributed by atoms with Crippen LogP contribution < -0.4 is 14.8 Å². The van der Waals surface area contributed by atoms with Gasteiger partial charge >= 0.3 is 0 Å². The number of rotatable bonds is 8. The van der Waals surface area contributed by atoms with Crippen LogP contribution in [-0.2, 0) is 0 Å². The van der Waals surface area contributed by atoms with Crippen LogP contribution in [0.3, 0.4) is 0 Å². The maximum atomic E-state index is 12.5. The van der Waals surface area contributed by atoms with Gasteiger partial charge in [-0.2, -0.15) is 0 Å². The first-order valence-corrected chi connectivity index (χ1v) is 11.1. The second kappa shape index (κ2) is 9.52. The molecule has 2 saturated heterocycles. The first-order chi connectivity index (χ1) is 14.6. The molecule has 2 bridgehead atoms. The van der Waals surface area contributed by atoms with Crippen LogP contribution >= 0.6 is 0 Å². The summed E-state index contributed by atoms with van der Waals surface area (Å²) in [5.41, 5.74) is 1.37. The van der Waals surface area contributed by atoms with E-state index in [1.165, 1.54) is 12.8 Å². The Bertz CT molecular complexity index is 820. The van der Waals surface area contributed by atoms with Crippen molar-refractivity contribution < 1.29 is 14.3 Å². The van der Waals surface area contributed by atoms with Crippen LogP contribution in [0, 0.1) is 0 Å². The van der Waals surface area contributed by atoms with E-state index in [-0.39, 0.29) is 12.0 Å². The predicted octanol–water partition coefficient (Wildman–Crippen LogP) is 5.12. The Kier molecular flexibility index (Phi) is 6.58. The first kappa shape index (κ1) is 20.7. The van der Waals surface area contributed by atoms with E-state index >= 15 is 0 Å². The molecule has 160 valence electrons. The molecule has 5 nitrogen and oxygen atoms in total. The molecule has 1 amide bonds.